The molecule has 0 bridgehead atoms. The van der Waals surface area contributed by atoms with Crippen LogP contribution >= 0.6 is 0 Å². The Morgan fingerprint density at radius 2 is 1.85 bits per heavy atom. The zero-order valence-electron chi connectivity index (χ0n) is 11.1. The highest BCUT2D eigenvalue weighted by Crippen LogP contribution is 2.31. The van der Waals surface area contributed by atoms with Crippen LogP contribution < -0.4 is 5.73 Å². The molecule has 0 saturated carbocycles. The summed E-state index contributed by atoms with van der Waals surface area (Å²) in [6, 6.07) is 17.7. The Labute approximate surface area is 117 Å². The molecule has 0 spiro atoms. The van der Waals surface area contributed by atoms with Gasteiger partial charge in [-0.25, -0.2) is 4.98 Å². The monoisotopic (exact) mass is 259 g/mol. The molecular formula is C17H13N3. The third-order valence-corrected chi connectivity index (χ3v) is 3.33. The number of rotatable bonds is 1. The molecule has 3 nitrogen and oxygen atoms in total. The quantitative estimate of drug-likeness (QED) is 0.678. The fourth-order valence-corrected chi connectivity index (χ4v) is 2.33. The molecule has 1 aromatic heterocycles. The number of para-hydroxylation sites is 1. The minimum absolute atomic E-state index is 0.402. The van der Waals surface area contributed by atoms with E-state index in [1.165, 1.54) is 0 Å². The molecule has 3 rings (SSSR count). The van der Waals surface area contributed by atoms with E-state index >= 15 is 0 Å². The van der Waals surface area contributed by atoms with Gasteiger partial charge in [-0.3, -0.25) is 0 Å². The summed E-state index contributed by atoms with van der Waals surface area (Å²) in [5.74, 6) is 0. The number of anilines is 1. The molecular weight excluding hydrogens is 246 g/mol. The van der Waals surface area contributed by atoms with Crippen LogP contribution in [0.15, 0.2) is 48.5 Å². The largest absolute Gasteiger partial charge is 0.398 e. The lowest BCUT2D eigenvalue weighted by molar-refractivity contribution is 1.32. The van der Waals surface area contributed by atoms with E-state index in [0.717, 1.165) is 27.6 Å². The number of nitrogen functional groups attached to an aromatic ring is 1. The van der Waals surface area contributed by atoms with E-state index in [9.17, 15) is 5.26 Å². The van der Waals surface area contributed by atoms with Gasteiger partial charge in [-0.1, -0.05) is 30.3 Å². The van der Waals surface area contributed by atoms with Gasteiger partial charge in [-0.05, 0) is 30.7 Å². The standard InChI is InChI=1S/C17H13N3/c1-11-6-7-13(15(19)8-11)14-9-12-4-2-3-5-16(12)20-17(14)10-18/h2-9H,19H2,1H3. The Bertz CT molecular complexity index is 844. The molecule has 0 aliphatic carbocycles. The number of pyridine rings is 1. The number of aromatic nitrogens is 1. The van der Waals surface area contributed by atoms with Crippen molar-refractivity contribution in [3.05, 3.63) is 59.8 Å². The smallest absolute Gasteiger partial charge is 0.149 e. The number of hydrogen-bond acceptors (Lipinski definition) is 3. The summed E-state index contributed by atoms with van der Waals surface area (Å²) in [7, 11) is 0. The van der Waals surface area contributed by atoms with Gasteiger partial charge in [0, 0.05) is 22.2 Å². The van der Waals surface area contributed by atoms with Crippen LogP contribution in [0.4, 0.5) is 5.69 Å². The lowest BCUT2D eigenvalue weighted by Gasteiger charge is -2.09. The molecule has 0 amide bonds. The van der Waals surface area contributed by atoms with Gasteiger partial charge in [0.2, 0.25) is 0 Å². The molecule has 3 heteroatoms. The lowest BCUT2D eigenvalue weighted by Crippen LogP contribution is -1.95. The van der Waals surface area contributed by atoms with Crippen molar-refractivity contribution in [1.82, 2.24) is 4.98 Å². The van der Waals surface area contributed by atoms with Crippen LogP contribution in [0, 0.1) is 18.3 Å². The van der Waals surface area contributed by atoms with Crippen LogP contribution in [0.3, 0.4) is 0 Å². The SMILES string of the molecule is Cc1ccc(-c2cc3ccccc3nc2C#N)c(N)c1. The van der Waals surface area contributed by atoms with E-state index < -0.39 is 0 Å². The third-order valence-electron chi connectivity index (χ3n) is 3.33. The van der Waals surface area contributed by atoms with E-state index in [1.807, 2.05) is 55.5 Å². The predicted octanol–water partition coefficient (Wildman–Crippen LogP) is 3.66. The van der Waals surface area contributed by atoms with Crippen LogP contribution in [-0.2, 0) is 0 Å². The topological polar surface area (TPSA) is 62.7 Å². The summed E-state index contributed by atoms with van der Waals surface area (Å²) < 4.78 is 0. The van der Waals surface area contributed by atoms with E-state index in [0.29, 0.717) is 11.4 Å². The zero-order chi connectivity index (χ0) is 14.1. The van der Waals surface area contributed by atoms with Gasteiger partial charge in [0.1, 0.15) is 11.8 Å². The first-order chi connectivity index (χ1) is 9.69. The van der Waals surface area contributed by atoms with E-state index in [2.05, 4.69) is 11.1 Å². The maximum Gasteiger partial charge on any atom is 0.149 e. The highest BCUT2D eigenvalue weighted by atomic mass is 14.7. The lowest BCUT2D eigenvalue weighted by atomic mass is 9.99. The summed E-state index contributed by atoms with van der Waals surface area (Å²) >= 11 is 0. The first-order valence-electron chi connectivity index (χ1n) is 6.35. The molecule has 2 aromatic carbocycles. The number of benzene rings is 2. The molecule has 0 unspecified atom stereocenters. The van der Waals surface area contributed by atoms with Crippen LogP contribution in [0.25, 0.3) is 22.0 Å². The number of nitrogens with zero attached hydrogens (tertiary/aromatic N) is 2. The van der Waals surface area contributed by atoms with Crippen molar-refractivity contribution in [3.8, 4) is 17.2 Å². The van der Waals surface area contributed by atoms with Gasteiger partial charge < -0.3 is 5.73 Å². The molecule has 0 atom stereocenters. The van der Waals surface area contributed by atoms with Gasteiger partial charge in [0.05, 0.1) is 5.52 Å². The van der Waals surface area contributed by atoms with Crippen LogP contribution in [0.1, 0.15) is 11.3 Å². The zero-order valence-corrected chi connectivity index (χ0v) is 11.1. The van der Waals surface area contributed by atoms with Gasteiger partial charge in [-0.15, -0.1) is 0 Å². The second-order valence-corrected chi connectivity index (χ2v) is 4.78. The summed E-state index contributed by atoms with van der Waals surface area (Å²) in [5.41, 5.74) is 10.7. The summed E-state index contributed by atoms with van der Waals surface area (Å²) in [6.45, 7) is 1.99. The molecule has 20 heavy (non-hydrogen) atoms. The number of nitrogens with two attached hydrogens (primary N) is 1. The minimum atomic E-state index is 0.402. The van der Waals surface area contributed by atoms with Crippen molar-refractivity contribution < 1.29 is 0 Å². The molecule has 0 saturated heterocycles. The maximum absolute atomic E-state index is 9.33. The molecule has 0 fully saturated rings. The van der Waals surface area contributed by atoms with Crippen molar-refractivity contribution >= 4 is 16.6 Å². The highest BCUT2D eigenvalue weighted by molar-refractivity contribution is 5.89. The Morgan fingerprint density at radius 3 is 2.60 bits per heavy atom. The van der Waals surface area contributed by atoms with E-state index in [4.69, 9.17) is 5.73 Å². The molecule has 1 heterocycles. The molecule has 3 aromatic rings. The maximum atomic E-state index is 9.33. The molecule has 2 N–H and O–H groups in total. The van der Waals surface area contributed by atoms with Gasteiger partial charge in [-0.2, -0.15) is 5.26 Å². The Hall–Kier alpha value is -2.86. The minimum Gasteiger partial charge on any atom is -0.398 e. The van der Waals surface area contributed by atoms with Crippen LogP contribution in [-0.4, -0.2) is 4.98 Å². The summed E-state index contributed by atoms with van der Waals surface area (Å²) in [4.78, 5) is 4.42. The predicted molar refractivity (Wildman–Crippen MR) is 81.0 cm³/mol. The fourth-order valence-electron chi connectivity index (χ4n) is 2.33. The second kappa shape index (κ2) is 4.67. The average molecular weight is 259 g/mol. The van der Waals surface area contributed by atoms with Crippen LogP contribution in [0.2, 0.25) is 0 Å². The second-order valence-electron chi connectivity index (χ2n) is 4.78. The Kier molecular flexibility index (Phi) is 2.85. The van der Waals surface area contributed by atoms with Crippen molar-refractivity contribution in [2.75, 3.05) is 5.73 Å². The van der Waals surface area contributed by atoms with Crippen molar-refractivity contribution in [3.63, 3.8) is 0 Å². The first-order valence-corrected chi connectivity index (χ1v) is 6.35. The fraction of sp³-hybridized carbons (Fsp3) is 0.0588. The van der Waals surface area contributed by atoms with E-state index in [-0.39, 0.29) is 0 Å². The number of aryl methyl sites for hydroxylation is 1. The molecule has 96 valence electrons. The summed E-state index contributed by atoms with van der Waals surface area (Å²) in [5, 5.41) is 10.3. The number of hydrogen-bond donors (Lipinski definition) is 1. The molecule has 0 aliphatic rings. The first kappa shape index (κ1) is 12.2. The number of nitriles is 1. The van der Waals surface area contributed by atoms with Crippen LogP contribution in [0.5, 0.6) is 0 Å². The van der Waals surface area contributed by atoms with E-state index in [1.54, 1.807) is 0 Å². The average Bonchev–Trinajstić information content (AvgIpc) is 2.46. The molecule has 0 radical (unpaired) electrons. The van der Waals surface area contributed by atoms with Gasteiger partial charge in [0.15, 0.2) is 0 Å². The molecule has 0 aliphatic heterocycles. The van der Waals surface area contributed by atoms with Gasteiger partial charge in [0.25, 0.3) is 0 Å². The van der Waals surface area contributed by atoms with Crippen molar-refractivity contribution in [1.29, 1.82) is 5.26 Å². The summed E-state index contributed by atoms with van der Waals surface area (Å²) in [6.07, 6.45) is 0. The highest BCUT2D eigenvalue weighted by Gasteiger charge is 2.11. The van der Waals surface area contributed by atoms with Crippen molar-refractivity contribution in [2.45, 2.75) is 6.92 Å². The van der Waals surface area contributed by atoms with Gasteiger partial charge >= 0.3 is 0 Å². The number of fused-ring (bicyclic) bond motifs is 1. The normalized spacial score (nSPS) is 10.4. The van der Waals surface area contributed by atoms with Crippen molar-refractivity contribution in [2.24, 2.45) is 0 Å². The Morgan fingerprint density at radius 1 is 1.05 bits per heavy atom. The Balaban J connectivity index is 2.32. The third kappa shape index (κ3) is 1.98.